The summed E-state index contributed by atoms with van der Waals surface area (Å²) in [5, 5.41) is 5.19. The number of sulfone groups is 1. The van der Waals surface area contributed by atoms with Crippen LogP contribution in [-0.4, -0.2) is 25.1 Å². The van der Waals surface area contributed by atoms with Crippen molar-refractivity contribution in [3.63, 3.8) is 0 Å². The summed E-state index contributed by atoms with van der Waals surface area (Å²) in [6.07, 6.45) is 1.25. The molecule has 0 bridgehead atoms. The van der Waals surface area contributed by atoms with Gasteiger partial charge in [0.15, 0.2) is 15.0 Å². The third-order valence-corrected chi connectivity index (χ3v) is 7.74. The smallest absolute Gasteiger partial charge is 0.226 e. The number of carbonyl (C=O) groups is 1. The Balaban J connectivity index is 1.29. The molecule has 1 amide bonds. The Morgan fingerprint density at radius 3 is 2.18 bits per heavy atom. The van der Waals surface area contributed by atoms with Crippen LogP contribution in [0.5, 0.6) is 0 Å². The number of hydrogen-bond donors (Lipinski definition) is 1. The van der Waals surface area contributed by atoms with E-state index in [1.807, 2.05) is 35.7 Å². The zero-order valence-electron chi connectivity index (χ0n) is 18.0. The molecule has 4 rings (SSSR count). The van der Waals surface area contributed by atoms with Crippen molar-refractivity contribution in [2.75, 3.05) is 11.1 Å². The zero-order chi connectivity index (χ0) is 23.1. The number of nitrogens with zero attached hydrogens (tertiary/aromatic N) is 1. The van der Waals surface area contributed by atoms with Crippen LogP contribution in [0, 0.1) is 0 Å². The van der Waals surface area contributed by atoms with Crippen LogP contribution in [-0.2, 0) is 21.1 Å². The molecular weight excluding hydrogens is 452 g/mol. The molecule has 3 aromatic carbocycles. The molecule has 0 aliphatic carbocycles. The first-order chi connectivity index (χ1) is 16.0. The second kappa shape index (κ2) is 10.6. The van der Waals surface area contributed by atoms with Gasteiger partial charge in [-0.25, -0.2) is 13.4 Å². The maximum Gasteiger partial charge on any atom is 0.226 e. The molecule has 0 saturated heterocycles. The number of hydrogen-bond acceptors (Lipinski definition) is 5. The molecule has 168 valence electrons. The maximum absolute atomic E-state index is 12.3. The van der Waals surface area contributed by atoms with Crippen molar-refractivity contribution in [2.45, 2.75) is 24.2 Å². The summed E-state index contributed by atoms with van der Waals surface area (Å²) in [5.74, 6) is -0.305. The van der Waals surface area contributed by atoms with E-state index < -0.39 is 9.84 Å². The van der Waals surface area contributed by atoms with Gasteiger partial charge in [0.1, 0.15) is 0 Å². The van der Waals surface area contributed by atoms with Gasteiger partial charge in [-0.05, 0) is 36.1 Å². The van der Waals surface area contributed by atoms with Crippen LogP contribution in [0.1, 0.15) is 24.0 Å². The number of aromatic nitrogens is 1. The summed E-state index contributed by atoms with van der Waals surface area (Å²) >= 11 is 1.35. The molecule has 0 unspecified atom stereocenters. The van der Waals surface area contributed by atoms with E-state index >= 15 is 0 Å². The Bertz CT molecular complexity index is 1300. The van der Waals surface area contributed by atoms with Crippen LogP contribution in [0.4, 0.5) is 5.13 Å². The summed E-state index contributed by atoms with van der Waals surface area (Å²) in [4.78, 5) is 17.0. The number of amides is 1. The average molecular weight is 477 g/mol. The first-order valence-corrected chi connectivity index (χ1v) is 13.2. The molecule has 0 atom stereocenters. The van der Waals surface area contributed by atoms with Gasteiger partial charge in [0.25, 0.3) is 0 Å². The Morgan fingerprint density at radius 1 is 0.848 bits per heavy atom. The van der Waals surface area contributed by atoms with E-state index in [1.54, 1.807) is 30.3 Å². The van der Waals surface area contributed by atoms with Crippen molar-refractivity contribution in [1.82, 2.24) is 4.98 Å². The van der Waals surface area contributed by atoms with Gasteiger partial charge in [-0.1, -0.05) is 72.8 Å². The molecule has 1 heterocycles. The van der Waals surface area contributed by atoms with Crippen molar-refractivity contribution in [1.29, 1.82) is 0 Å². The van der Waals surface area contributed by atoms with Crippen LogP contribution >= 0.6 is 11.3 Å². The average Bonchev–Trinajstić information content (AvgIpc) is 3.29. The van der Waals surface area contributed by atoms with Gasteiger partial charge < -0.3 is 5.32 Å². The molecular formula is C26H24N2O3S2. The van der Waals surface area contributed by atoms with Gasteiger partial charge >= 0.3 is 0 Å². The van der Waals surface area contributed by atoms with Crippen molar-refractivity contribution in [3.8, 4) is 11.3 Å². The summed E-state index contributed by atoms with van der Waals surface area (Å²) in [7, 11) is -3.38. The molecule has 0 spiro atoms. The fourth-order valence-corrected chi connectivity index (χ4v) is 5.51. The first-order valence-electron chi connectivity index (χ1n) is 10.7. The lowest BCUT2D eigenvalue weighted by molar-refractivity contribution is -0.116. The molecule has 0 fully saturated rings. The highest BCUT2D eigenvalue weighted by molar-refractivity contribution is 7.91. The van der Waals surface area contributed by atoms with Crippen LogP contribution in [0.15, 0.2) is 95.2 Å². The lowest BCUT2D eigenvalue weighted by atomic mass is 10.0. The number of carbonyl (C=O) groups excluding carboxylic acids is 1. The van der Waals surface area contributed by atoms with Crippen molar-refractivity contribution >= 4 is 32.2 Å². The Morgan fingerprint density at radius 2 is 1.48 bits per heavy atom. The molecule has 0 radical (unpaired) electrons. The van der Waals surface area contributed by atoms with Crippen LogP contribution < -0.4 is 5.32 Å². The standard InChI is InChI=1S/C26H24N2O3S2/c29-25(12-7-17-33(30,31)23-10-5-2-6-11-23)28-26-27-24(19-32-26)22-15-13-21(14-16-22)18-20-8-3-1-4-9-20/h1-6,8-11,13-16,19H,7,12,17-18H2,(H,27,28,29). The predicted octanol–water partition coefficient (Wildman–Crippen LogP) is 5.59. The van der Waals surface area contributed by atoms with E-state index in [1.165, 1.54) is 22.5 Å². The molecule has 7 heteroatoms. The fourth-order valence-electron chi connectivity index (χ4n) is 3.44. The highest BCUT2D eigenvalue weighted by Gasteiger charge is 2.15. The van der Waals surface area contributed by atoms with E-state index in [0.717, 1.165) is 17.7 Å². The fraction of sp³-hybridized carbons (Fsp3) is 0.154. The minimum Gasteiger partial charge on any atom is -0.302 e. The Labute approximate surface area is 198 Å². The largest absolute Gasteiger partial charge is 0.302 e. The molecule has 33 heavy (non-hydrogen) atoms. The van der Waals surface area contributed by atoms with E-state index in [9.17, 15) is 13.2 Å². The summed E-state index contributed by atoms with van der Waals surface area (Å²) in [5.41, 5.74) is 4.27. The lowest BCUT2D eigenvalue weighted by Gasteiger charge is -2.05. The van der Waals surface area contributed by atoms with E-state index in [4.69, 9.17) is 0 Å². The Hall–Kier alpha value is -3.29. The van der Waals surface area contributed by atoms with Gasteiger partial charge in [0, 0.05) is 17.4 Å². The van der Waals surface area contributed by atoms with Gasteiger partial charge in [-0.2, -0.15) is 0 Å². The second-order valence-corrected chi connectivity index (χ2v) is 10.6. The minimum absolute atomic E-state index is 0.0666. The van der Waals surface area contributed by atoms with Gasteiger partial charge in [-0.3, -0.25) is 4.79 Å². The van der Waals surface area contributed by atoms with Crippen LogP contribution in [0.2, 0.25) is 0 Å². The molecule has 4 aromatic rings. The number of anilines is 1. The van der Waals surface area contributed by atoms with Gasteiger partial charge in [0.05, 0.1) is 16.3 Å². The third-order valence-electron chi connectivity index (χ3n) is 5.17. The maximum atomic E-state index is 12.3. The highest BCUT2D eigenvalue weighted by Crippen LogP contribution is 2.26. The number of rotatable bonds is 9. The molecule has 0 saturated carbocycles. The zero-order valence-corrected chi connectivity index (χ0v) is 19.6. The normalized spacial score (nSPS) is 11.3. The van der Waals surface area contributed by atoms with Gasteiger partial charge in [-0.15, -0.1) is 11.3 Å². The third kappa shape index (κ3) is 6.37. The Kier molecular flexibility index (Phi) is 7.32. The topological polar surface area (TPSA) is 76.1 Å². The van der Waals surface area contributed by atoms with Crippen molar-refractivity contribution in [2.24, 2.45) is 0 Å². The van der Waals surface area contributed by atoms with Crippen molar-refractivity contribution in [3.05, 3.63) is 101 Å². The van der Waals surface area contributed by atoms with E-state index in [2.05, 4.69) is 34.6 Å². The molecule has 5 nitrogen and oxygen atoms in total. The van der Waals surface area contributed by atoms with Crippen LogP contribution in [0.25, 0.3) is 11.3 Å². The number of nitrogens with one attached hydrogen (secondary N) is 1. The molecule has 0 aliphatic heterocycles. The van der Waals surface area contributed by atoms with E-state index in [0.29, 0.717) is 5.13 Å². The quantitative estimate of drug-likeness (QED) is 0.341. The van der Waals surface area contributed by atoms with E-state index in [-0.39, 0.29) is 29.4 Å². The summed E-state index contributed by atoms with van der Waals surface area (Å²) < 4.78 is 24.6. The number of benzene rings is 3. The SMILES string of the molecule is O=C(CCCS(=O)(=O)c1ccccc1)Nc1nc(-c2ccc(Cc3ccccc3)cc2)cs1. The summed E-state index contributed by atoms with van der Waals surface area (Å²) in [6, 6.07) is 26.9. The second-order valence-electron chi connectivity index (χ2n) is 7.68. The lowest BCUT2D eigenvalue weighted by Crippen LogP contribution is -2.14. The first kappa shape index (κ1) is 22.9. The monoisotopic (exact) mass is 476 g/mol. The predicted molar refractivity (Wildman–Crippen MR) is 133 cm³/mol. The molecule has 1 aromatic heterocycles. The van der Waals surface area contributed by atoms with Crippen molar-refractivity contribution < 1.29 is 13.2 Å². The van der Waals surface area contributed by atoms with Gasteiger partial charge in [0.2, 0.25) is 5.91 Å². The summed E-state index contributed by atoms with van der Waals surface area (Å²) in [6.45, 7) is 0. The molecule has 0 aliphatic rings. The minimum atomic E-state index is -3.38. The van der Waals surface area contributed by atoms with Crippen LogP contribution in [0.3, 0.4) is 0 Å². The number of thiazole rings is 1. The highest BCUT2D eigenvalue weighted by atomic mass is 32.2. The molecule has 1 N–H and O–H groups in total.